The minimum atomic E-state index is -0.264. The largest absolute Gasteiger partial charge is 0.351 e. The zero-order valence-corrected chi connectivity index (χ0v) is 14.8. The van der Waals surface area contributed by atoms with E-state index in [0.29, 0.717) is 17.5 Å². The highest BCUT2D eigenvalue weighted by molar-refractivity contribution is 5.76. The first-order valence-corrected chi connectivity index (χ1v) is 8.97. The summed E-state index contributed by atoms with van der Waals surface area (Å²) in [6.07, 6.45) is 3.36. The average Bonchev–Trinajstić information content (AvgIpc) is 2.61. The second-order valence-electron chi connectivity index (χ2n) is 7.02. The zero-order chi connectivity index (χ0) is 17.8. The highest BCUT2D eigenvalue weighted by Gasteiger charge is 2.28. The van der Waals surface area contributed by atoms with Gasteiger partial charge in [0.1, 0.15) is 6.54 Å². The Hall–Kier alpha value is -2.43. The monoisotopic (exact) mass is 339 g/mol. The quantitative estimate of drug-likeness (QED) is 0.931. The lowest BCUT2D eigenvalue weighted by Gasteiger charge is -2.34. The van der Waals surface area contributed by atoms with Gasteiger partial charge in [0.25, 0.3) is 5.56 Å². The second kappa shape index (κ2) is 7.64. The molecule has 0 unspecified atom stereocenters. The molecule has 1 aliphatic rings. The van der Waals surface area contributed by atoms with Crippen LogP contribution in [0, 0.1) is 11.8 Å². The zero-order valence-electron chi connectivity index (χ0n) is 14.8. The summed E-state index contributed by atoms with van der Waals surface area (Å²) in [6, 6.07) is 13.0. The molecule has 1 fully saturated rings. The Morgan fingerprint density at radius 3 is 2.68 bits per heavy atom. The Morgan fingerprint density at radius 2 is 1.92 bits per heavy atom. The van der Waals surface area contributed by atoms with Gasteiger partial charge in [-0.05, 0) is 24.3 Å². The first-order valence-electron chi connectivity index (χ1n) is 8.97. The van der Waals surface area contributed by atoms with E-state index in [1.54, 1.807) is 6.07 Å². The molecule has 0 bridgehead atoms. The Balaban J connectivity index is 1.72. The van der Waals surface area contributed by atoms with Crippen molar-refractivity contribution in [2.24, 2.45) is 11.8 Å². The molecule has 0 aliphatic heterocycles. The van der Waals surface area contributed by atoms with Crippen molar-refractivity contribution in [2.75, 3.05) is 0 Å². The number of amides is 1. The lowest BCUT2D eigenvalue weighted by molar-refractivity contribution is -0.123. The Labute approximate surface area is 148 Å². The van der Waals surface area contributed by atoms with Crippen molar-refractivity contribution in [2.45, 2.75) is 45.7 Å². The number of rotatable bonds is 4. The minimum Gasteiger partial charge on any atom is -0.351 e. The van der Waals surface area contributed by atoms with Crippen LogP contribution in [0.1, 0.15) is 33.1 Å². The van der Waals surface area contributed by atoms with Gasteiger partial charge in [-0.3, -0.25) is 9.59 Å². The van der Waals surface area contributed by atoms with Gasteiger partial charge in [-0.1, -0.05) is 57.0 Å². The van der Waals surface area contributed by atoms with Crippen LogP contribution in [0.2, 0.25) is 0 Å². The van der Waals surface area contributed by atoms with Gasteiger partial charge >= 0.3 is 0 Å². The molecule has 3 rings (SSSR count). The third-order valence-electron chi connectivity index (χ3n) is 5.28. The first-order chi connectivity index (χ1) is 12.0. The molecule has 2 aromatic rings. The molecule has 132 valence electrons. The lowest BCUT2D eigenvalue weighted by Crippen LogP contribution is -2.45. The maximum atomic E-state index is 12.4. The standard InChI is InChI=1S/C20H25N3O2/c1-14-7-6-10-17(15(14)2)21-19(24)13-23-20(25)12-11-18(22-23)16-8-4-3-5-9-16/h3-5,8-9,11-12,14-15,17H,6-7,10,13H2,1-2H3,(H,21,24)/t14-,15-,17-/m1/s1. The molecular formula is C20H25N3O2. The van der Waals surface area contributed by atoms with Crippen LogP contribution in [-0.2, 0) is 11.3 Å². The molecule has 25 heavy (non-hydrogen) atoms. The molecule has 1 N–H and O–H groups in total. The van der Waals surface area contributed by atoms with Gasteiger partial charge in [0.05, 0.1) is 5.69 Å². The number of hydrogen-bond donors (Lipinski definition) is 1. The number of hydrogen-bond acceptors (Lipinski definition) is 3. The fraction of sp³-hybridized carbons (Fsp3) is 0.450. The van der Waals surface area contributed by atoms with Crippen molar-refractivity contribution in [3.63, 3.8) is 0 Å². The van der Waals surface area contributed by atoms with Gasteiger partial charge in [-0.25, -0.2) is 4.68 Å². The van der Waals surface area contributed by atoms with E-state index in [-0.39, 0.29) is 24.1 Å². The maximum absolute atomic E-state index is 12.4. The SMILES string of the molecule is C[C@@H]1[C@H](C)CCC[C@H]1NC(=O)Cn1nc(-c2ccccc2)ccc1=O. The van der Waals surface area contributed by atoms with Crippen LogP contribution in [0.15, 0.2) is 47.3 Å². The number of carbonyl (C=O) groups excluding carboxylic acids is 1. The summed E-state index contributed by atoms with van der Waals surface area (Å²) >= 11 is 0. The van der Waals surface area contributed by atoms with E-state index in [4.69, 9.17) is 0 Å². The highest BCUT2D eigenvalue weighted by atomic mass is 16.2. The minimum absolute atomic E-state index is 0.0445. The van der Waals surface area contributed by atoms with Crippen molar-refractivity contribution >= 4 is 5.91 Å². The van der Waals surface area contributed by atoms with E-state index in [1.165, 1.54) is 17.2 Å². The normalized spacial score (nSPS) is 23.2. The fourth-order valence-electron chi connectivity index (χ4n) is 3.50. The van der Waals surface area contributed by atoms with Crippen LogP contribution in [-0.4, -0.2) is 21.7 Å². The Morgan fingerprint density at radius 1 is 1.16 bits per heavy atom. The molecule has 5 nitrogen and oxygen atoms in total. The number of aromatic nitrogens is 2. The van der Waals surface area contributed by atoms with E-state index in [9.17, 15) is 9.59 Å². The highest BCUT2D eigenvalue weighted by Crippen LogP contribution is 2.29. The van der Waals surface area contributed by atoms with Crippen molar-refractivity contribution < 1.29 is 4.79 Å². The number of carbonyl (C=O) groups is 1. The average molecular weight is 339 g/mol. The number of benzene rings is 1. The van der Waals surface area contributed by atoms with E-state index < -0.39 is 0 Å². The van der Waals surface area contributed by atoms with Gasteiger partial charge < -0.3 is 5.32 Å². The maximum Gasteiger partial charge on any atom is 0.267 e. The van der Waals surface area contributed by atoms with Crippen molar-refractivity contribution in [3.05, 3.63) is 52.8 Å². The molecule has 1 aliphatic carbocycles. The van der Waals surface area contributed by atoms with E-state index >= 15 is 0 Å². The van der Waals surface area contributed by atoms with Crippen LogP contribution in [0.4, 0.5) is 0 Å². The Kier molecular flexibility index (Phi) is 5.31. The molecular weight excluding hydrogens is 314 g/mol. The van der Waals surface area contributed by atoms with Gasteiger partial charge in [-0.2, -0.15) is 5.10 Å². The summed E-state index contributed by atoms with van der Waals surface area (Å²) in [7, 11) is 0. The predicted molar refractivity (Wildman–Crippen MR) is 98.0 cm³/mol. The lowest BCUT2D eigenvalue weighted by atomic mass is 9.78. The van der Waals surface area contributed by atoms with Crippen LogP contribution in [0.5, 0.6) is 0 Å². The fourth-order valence-corrected chi connectivity index (χ4v) is 3.50. The van der Waals surface area contributed by atoms with Crippen LogP contribution in [0.3, 0.4) is 0 Å². The smallest absolute Gasteiger partial charge is 0.267 e. The summed E-state index contributed by atoms with van der Waals surface area (Å²) in [5, 5.41) is 7.45. The number of nitrogens with one attached hydrogen (secondary N) is 1. The van der Waals surface area contributed by atoms with Crippen LogP contribution in [0.25, 0.3) is 11.3 Å². The van der Waals surface area contributed by atoms with Gasteiger partial charge in [0.2, 0.25) is 5.91 Å². The Bertz CT molecular complexity index is 785. The molecule has 1 aromatic carbocycles. The van der Waals surface area contributed by atoms with Gasteiger partial charge in [0.15, 0.2) is 0 Å². The van der Waals surface area contributed by atoms with Crippen LogP contribution < -0.4 is 10.9 Å². The molecule has 0 saturated heterocycles. The summed E-state index contributed by atoms with van der Waals surface area (Å²) in [4.78, 5) is 24.5. The third-order valence-corrected chi connectivity index (χ3v) is 5.28. The summed E-state index contributed by atoms with van der Waals surface area (Å²) in [5.41, 5.74) is 1.35. The van der Waals surface area contributed by atoms with Crippen molar-refractivity contribution in [3.8, 4) is 11.3 Å². The third kappa shape index (κ3) is 4.16. The van der Waals surface area contributed by atoms with E-state index in [1.807, 2.05) is 30.3 Å². The molecule has 1 aromatic heterocycles. The molecule has 0 spiro atoms. The molecule has 1 heterocycles. The first kappa shape index (κ1) is 17.4. The molecule has 3 atom stereocenters. The molecule has 1 amide bonds. The molecule has 1 saturated carbocycles. The summed E-state index contributed by atoms with van der Waals surface area (Å²) < 4.78 is 1.24. The predicted octanol–water partition coefficient (Wildman–Crippen LogP) is 2.85. The summed E-state index contributed by atoms with van der Waals surface area (Å²) in [6.45, 7) is 4.38. The van der Waals surface area contributed by atoms with E-state index in [2.05, 4.69) is 24.3 Å². The molecule has 0 radical (unpaired) electrons. The molecule has 5 heteroatoms. The second-order valence-corrected chi connectivity index (χ2v) is 7.02. The van der Waals surface area contributed by atoms with Crippen molar-refractivity contribution in [1.82, 2.24) is 15.1 Å². The van der Waals surface area contributed by atoms with Gasteiger partial charge in [0, 0.05) is 17.7 Å². The van der Waals surface area contributed by atoms with Crippen molar-refractivity contribution in [1.29, 1.82) is 0 Å². The topological polar surface area (TPSA) is 64.0 Å². The number of nitrogens with zero attached hydrogens (tertiary/aromatic N) is 2. The summed E-state index contributed by atoms with van der Waals surface area (Å²) in [5.74, 6) is 0.921. The van der Waals surface area contributed by atoms with Crippen LogP contribution >= 0.6 is 0 Å². The van der Waals surface area contributed by atoms with Gasteiger partial charge in [-0.15, -0.1) is 0 Å². The van der Waals surface area contributed by atoms with E-state index in [0.717, 1.165) is 18.4 Å².